The highest BCUT2D eigenvalue weighted by Crippen LogP contribution is 2.23. The lowest BCUT2D eigenvalue weighted by molar-refractivity contribution is -0.170. The predicted molar refractivity (Wildman–Crippen MR) is 79.0 cm³/mol. The van der Waals surface area contributed by atoms with Gasteiger partial charge in [-0.1, -0.05) is 17.2 Å². The van der Waals surface area contributed by atoms with Crippen molar-refractivity contribution in [2.45, 2.75) is 12.5 Å². The summed E-state index contributed by atoms with van der Waals surface area (Å²) in [7, 11) is 0. The number of benzene rings is 1. The van der Waals surface area contributed by atoms with Crippen LogP contribution in [0.5, 0.6) is 0 Å². The SMILES string of the molecule is N[C@@H](Cc1ccsc1)C(=O)ON1C(=O)c2ccccc2C1=O. The Labute approximate surface area is 130 Å². The number of amides is 2. The molecule has 0 aliphatic carbocycles. The quantitative estimate of drug-likeness (QED) is 0.861. The van der Waals surface area contributed by atoms with E-state index in [0.29, 0.717) is 5.06 Å². The van der Waals surface area contributed by atoms with E-state index < -0.39 is 23.8 Å². The number of carbonyl (C=O) groups is 3. The predicted octanol–water partition coefficient (Wildman–Crippen LogP) is 1.37. The van der Waals surface area contributed by atoms with E-state index in [1.807, 2.05) is 16.8 Å². The number of thiophene rings is 1. The fourth-order valence-corrected chi connectivity index (χ4v) is 2.84. The van der Waals surface area contributed by atoms with Crippen LogP contribution in [0.3, 0.4) is 0 Å². The standard InChI is InChI=1S/C15H12N2O4S/c16-12(7-9-5-6-22-8-9)15(20)21-17-13(18)10-3-1-2-4-11(10)14(17)19/h1-6,8,12H,7,16H2/t12-/m0/s1. The van der Waals surface area contributed by atoms with E-state index in [1.54, 1.807) is 12.1 Å². The molecular formula is C15H12N2O4S. The zero-order valence-corrected chi connectivity index (χ0v) is 12.2. The summed E-state index contributed by atoms with van der Waals surface area (Å²) in [6.07, 6.45) is 0.283. The number of hydrogen-bond acceptors (Lipinski definition) is 6. The zero-order chi connectivity index (χ0) is 15.7. The summed E-state index contributed by atoms with van der Waals surface area (Å²) in [4.78, 5) is 41.0. The van der Waals surface area contributed by atoms with Crippen LogP contribution in [0.25, 0.3) is 0 Å². The van der Waals surface area contributed by atoms with Crippen molar-refractivity contribution in [3.8, 4) is 0 Å². The van der Waals surface area contributed by atoms with E-state index in [1.165, 1.54) is 23.5 Å². The van der Waals surface area contributed by atoms with E-state index in [-0.39, 0.29) is 17.5 Å². The topological polar surface area (TPSA) is 89.7 Å². The lowest BCUT2D eigenvalue weighted by atomic mass is 10.1. The fourth-order valence-electron chi connectivity index (χ4n) is 2.15. The summed E-state index contributed by atoms with van der Waals surface area (Å²) in [5, 5.41) is 4.22. The van der Waals surface area contributed by atoms with Gasteiger partial charge in [0.05, 0.1) is 11.1 Å². The number of hydrogen-bond donors (Lipinski definition) is 1. The van der Waals surface area contributed by atoms with E-state index in [4.69, 9.17) is 10.6 Å². The molecule has 1 aromatic heterocycles. The Hall–Kier alpha value is -2.51. The average molecular weight is 316 g/mol. The van der Waals surface area contributed by atoms with Gasteiger partial charge in [0.25, 0.3) is 11.8 Å². The lowest BCUT2D eigenvalue weighted by Crippen LogP contribution is -2.41. The molecule has 0 spiro atoms. The molecule has 6 nitrogen and oxygen atoms in total. The van der Waals surface area contributed by atoms with Gasteiger partial charge >= 0.3 is 5.97 Å². The van der Waals surface area contributed by atoms with Crippen molar-refractivity contribution < 1.29 is 19.2 Å². The Morgan fingerprint density at radius 1 is 1.18 bits per heavy atom. The number of rotatable bonds is 4. The molecule has 2 heterocycles. The molecule has 0 fully saturated rings. The third kappa shape index (κ3) is 2.51. The summed E-state index contributed by atoms with van der Waals surface area (Å²) < 4.78 is 0. The molecule has 0 bridgehead atoms. The van der Waals surface area contributed by atoms with Crippen molar-refractivity contribution in [3.05, 3.63) is 57.8 Å². The summed E-state index contributed by atoms with van der Waals surface area (Å²) in [5.74, 6) is -2.13. The van der Waals surface area contributed by atoms with Crippen molar-refractivity contribution in [2.75, 3.05) is 0 Å². The summed E-state index contributed by atoms with van der Waals surface area (Å²) in [6, 6.07) is 7.19. The van der Waals surface area contributed by atoms with Crippen molar-refractivity contribution in [2.24, 2.45) is 5.73 Å². The van der Waals surface area contributed by atoms with Gasteiger partial charge in [-0.3, -0.25) is 9.59 Å². The second-order valence-corrected chi connectivity index (χ2v) is 5.58. The van der Waals surface area contributed by atoms with E-state index in [2.05, 4.69) is 0 Å². The number of fused-ring (bicyclic) bond motifs is 1. The minimum Gasteiger partial charge on any atom is -0.328 e. The molecule has 7 heteroatoms. The van der Waals surface area contributed by atoms with Gasteiger partial charge in [-0.25, -0.2) is 4.79 Å². The first-order chi connectivity index (χ1) is 10.6. The van der Waals surface area contributed by atoms with Crippen LogP contribution in [-0.2, 0) is 16.1 Å². The van der Waals surface area contributed by atoms with E-state index in [0.717, 1.165) is 5.56 Å². The molecule has 22 heavy (non-hydrogen) atoms. The van der Waals surface area contributed by atoms with Gasteiger partial charge in [0.2, 0.25) is 0 Å². The Morgan fingerprint density at radius 2 is 1.82 bits per heavy atom. The summed E-state index contributed by atoms with van der Waals surface area (Å²) in [6.45, 7) is 0. The first kappa shape index (κ1) is 14.4. The summed E-state index contributed by atoms with van der Waals surface area (Å²) >= 11 is 1.49. The number of carbonyl (C=O) groups excluding carboxylic acids is 3. The smallest absolute Gasteiger partial charge is 0.328 e. The molecule has 1 atom stereocenters. The highest BCUT2D eigenvalue weighted by Gasteiger charge is 2.39. The molecular weight excluding hydrogens is 304 g/mol. The van der Waals surface area contributed by atoms with Crippen LogP contribution in [0.1, 0.15) is 26.3 Å². The van der Waals surface area contributed by atoms with Crippen molar-refractivity contribution in [1.82, 2.24) is 5.06 Å². The van der Waals surface area contributed by atoms with Crippen LogP contribution in [0.15, 0.2) is 41.1 Å². The van der Waals surface area contributed by atoms with Crippen LogP contribution >= 0.6 is 11.3 Å². The maximum absolute atomic E-state index is 12.1. The molecule has 0 unspecified atom stereocenters. The molecule has 2 N–H and O–H groups in total. The molecule has 112 valence electrons. The Morgan fingerprint density at radius 3 is 2.36 bits per heavy atom. The molecule has 3 rings (SSSR count). The fraction of sp³-hybridized carbons (Fsp3) is 0.133. The van der Waals surface area contributed by atoms with Gasteiger partial charge in [-0.05, 0) is 40.9 Å². The normalized spacial score (nSPS) is 14.9. The van der Waals surface area contributed by atoms with Gasteiger partial charge in [0.1, 0.15) is 6.04 Å². The van der Waals surface area contributed by atoms with Gasteiger partial charge in [0, 0.05) is 0 Å². The molecule has 1 aliphatic rings. The highest BCUT2D eigenvalue weighted by molar-refractivity contribution is 7.07. The third-order valence-electron chi connectivity index (χ3n) is 3.28. The number of imide groups is 1. The van der Waals surface area contributed by atoms with E-state index >= 15 is 0 Å². The molecule has 2 aromatic rings. The average Bonchev–Trinajstić information content (AvgIpc) is 3.10. The molecule has 0 radical (unpaired) electrons. The third-order valence-corrected chi connectivity index (χ3v) is 4.01. The highest BCUT2D eigenvalue weighted by atomic mass is 32.1. The van der Waals surface area contributed by atoms with Crippen LogP contribution in [0.2, 0.25) is 0 Å². The number of nitrogens with zero attached hydrogens (tertiary/aromatic N) is 1. The second kappa shape index (κ2) is 5.70. The minimum atomic E-state index is -0.945. The van der Waals surface area contributed by atoms with Crippen LogP contribution < -0.4 is 5.73 Å². The molecule has 0 saturated carbocycles. The number of hydroxylamine groups is 2. The molecule has 0 saturated heterocycles. The maximum atomic E-state index is 12.1. The summed E-state index contributed by atoms with van der Waals surface area (Å²) in [5.41, 5.74) is 7.09. The largest absolute Gasteiger partial charge is 0.350 e. The van der Waals surface area contributed by atoms with E-state index in [9.17, 15) is 14.4 Å². The number of nitrogens with two attached hydrogens (primary N) is 1. The first-order valence-corrected chi connectivity index (χ1v) is 7.48. The van der Waals surface area contributed by atoms with Crippen molar-refractivity contribution in [1.29, 1.82) is 0 Å². The van der Waals surface area contributed by atoms with Crippen molar-refractivity contribution >= 4 is 29.1 Å². The lowest BCUT2D eigenvalue weighted by Gasteiger charge is -2.15. The Balaban J connectivity index is 1.70. The molecule has 1 aromatic carbocycles. The van der Waals surface area contributed by atoms with Gasteiger partial charge in [-0.2, -0.15) is 11.3 Å². The minimum absolute atomic E-state index is 0.215. The molecule has 1 aliphatic heterocycles. The maximum Gasteiger partial charge on any atom is 0.350 e. The Bertz CT molecular complexity index is 707. The van der Waals surface area contributed by atoms with Crippen LogP contribution in [0, 0.1) is 0 Å². The molecule has 2 amide bonds. The zero-order valence-electron chi connectivity index (χ0n) is 11.4. The van der Waals surface area contributed by atoms with Gasteiger partial charge < -0.3 is 10.6 Å². The van der Waals surface area contributed by atoms with Crippen molar-refractivity contribution in [3.63, 3.8) is 0 Å². The van der Waals surface area contributed by atoms with Crippen LogP contribution in [0.4, 0.5) is 0 Å². The second-order valence-electron chi connectivity index (χ2n) is 4.80. The Kier molecular flexibility index (Phi) is 3.74. The van der Waals surface area contributed by atoms with Crippen LogP contribution in [-0.4, -0.2) is 28.9 Å². The first-order valence-electron chi connectivity index (χ1n) is 6.54. The van der Waals surface area contributed by atoms with Gasteiger partial charge in [-0.15, -0.1) is 0 Å². The van der Waals surface area contributed by atoms with Gasteiger partial charge in [0.15, 0.2) is 0 Å². The monoisotopic (exact) mass is 316 g/mol.